The molecule has 0 saturated heterocycles. The number of pyridine rings is 1. The van der Waals surface area contributed by atoms with Crippen molar-refractivity contribution in [1.82, 2.24) is 10.1 Å². The Kier molecular flexibility index (Phi) is 3.50. The van der Waals surface area contributed by atoms with Crippen molar-refractivity contribution in [2.45, 2.75) is 0 Å². The maximum Gasteiger partial charge on any atom is 0.180 e. The van der Waals surface area contributed by atoms with Gasteiger partial charge < -0.3 is 15.0 Å². The number of benzene rings is 1. The van der Waals surface area contributed by atoms with E-state index in [2.05, 4.69) is 10.1 Å². The number of aromatic nitrogens is 2. The van der Waals surface area contributed by atoms with E-state index in [1.54, 1.807) is 37.7 Å². The quantitative estimate of drug-likeness (QED) is 0.799. The van der Waals surface area contributed by atoms with Crippen LogP contribution in [0.15, 0.2) is 47.2 Å². The van der Waals surface area contributed by atoms with Crippen molar-refractivity contribution in [3.05, 3.63) is 47.7 Å². The molecule has 2 N–H and O–H groups in total. The maximum atomic E-state index is 6.07. The van der Waals surface area contributed by atoms with Crippen molar-refractivity contribution in [1.29, 1.82) is 0 Å². The average Bonchev–Trinajstić information content (AvgIpc) is 2.89. The summed E-state index contributed by atoms with van der Waals surface area (Å²) in [4.78, 5) is 4.00. The van der Waals surface area contributed by atoms with E-state index in [1.165, 1.54) is 0 Å². The molecule has 106 valence electrons. The molecule has 0 bridgehead atoms. The lowest BCUT2D eigenvalue weighted by atomic mass is 10.0. The van der Waals surface area contributed by atoms with Gasteiger partial charge in [-0.25, -0.2) is 0 Å². The standard InChI is InChI=1S/C15H12ClN3O2/c1-20-12-3-2-10(16)8-11(12)14-13(15(17)19-21-14)9-4-6-18-7-5-9/h2-8H,1H3,(H2,17,19). The highest BCUT2D eigenvalue weighted by Gasteiger charge is 2.20. The van der Waals surface area contributed by atoms with Gasteiger partial charge in [-0.2, -0.15) is 0 Å². The van der Waals surface area contributed by atoms with Crippen LogP contribution in [0.25, 0.3) is 22.5 Å². The van der Waals surface area contributed by atoms with Crippen LogP contribution in [0.5, 0.6) is 5.75 Å². The summed E-state index contributed by atoms with van der Waals surface area (Å²) in [6.07, 6.45) is 3.36. The number of hydrogen-bond acceptors (Lipinski definition) is 5. The minimum atomic E-state index is 0.304. The van der Waals surface area contributed by atoms with Crippen molar-refractivity contribution in [3.8, 4) is 28.2 Å². The Morgan fingerprint density at radius 3 is 2.67 bits per heavy atom. The Morgan fingerprint density at radius 1 is 1.19 bits per heavy atom. The van der Waals surface area contributed by atoms with Gasteiger partial charge in [-0.1, -0.05) is 16.8 Å². The lowest BCUT2D eigenvalue weighted by Crippen LogP contribution is -1.91. The molecule has 0 aliphatic rings. The molecule has 2 heterocycles. The van der Waals surface area contributed by atoms with Gasteiger partial charge >= 0.3 is 0 Å². The van der Waals surface area contributed by atoms with E-state index in [-0.39, 0.29) is 0 Å². The van der Waals surface area contributed by atoms with Crippen molar-refractivity contribution in [2.75, 3.05) is 12.8 Å². The number of nitrogens with zero attached hydrogens (tertiary/aromatic N) is 2. The summed E-state index contributed by atoms with van der Waals surface area (Å²) in [5, 5.41) is 4.43. The number of nitrogens with two attached hydrogens (primary N) is 1. The molecule has 0 aliphatic carbocycles. The van der Waals surface area contributed by atoms with Gasteiger partial charge in [-0.15, -0.1) is 0 Å². The summed E-state index contributed by atoms with van der Waals surface area (Å²) in [5.74, 6) is 1.45. The lowest BCUT2D eigenvalue weighted by Gasteiger charge is -2.08. The van der Waals surface area contributed by atoms with Gasteiger partial charge in [-0.05, 0) is 35.9 Å². The minimum absolute atomic E-state index is 0.304. The lowest BCUT2D eigenvalue weighted by molar-refractivity contribution is 0.407. The second-order valence-corrected chi connectivity index (χ2v) is 4.79. The summed E-state index contributed by atoms with van der Waals surface area (Å²) >= 11 is 6.07. The van der Waals surface area contributed by atoms with Crippen LogP contribution in [-0.4, -0.2) is 17.3 Å². The summed E-state index contributed by atoms with van der Waals surface area (Å²) in [5.41, 5.74) is 8.19. The second-order valence-electron chi connectivity index (χ2n) is 4.35. The van der Waals surface area contributed by atoms with Crippen molar-refractivity contribution in [2.24, 2.45) is 0 Å². The molecule has 2 aromatic heterocycles. The average molecular weight is 302 g/mol. The van der Waals surface area contributed by atoms with Gasteiger partial charge in [0.15, 0.2) is 11.6 Å². The topological polar surface area (TPSA) is 74.2 Å². The molecule has 1 aromatic carbocycles. The van der Waals surface area contributed by atoms with E-state index in [1.807, 2.05) is 12.1 Å². The van der Waals surface area contributed by atoms with Gasteiger partial charge in [0, 0.05) is 17.4 Å². The van der Waals surface area contributed by atoms with Crippen molar-refractivity contribution < 1.29 is 9.26 Å². The van der Waals surface area contributed by atoms with Gasteiger partial charge in [0.2, 0.25) is 0 Å². The number of rotatable bonds is 3. The number of anilines is 1. The monoisotopic (exact) mass is 301 g/mol. The molecular formula is C15H12ClN3O2. The SMILES string of the molecule is COc1ccc(Cl)cc1-c1onc(N)c1-c1ccncc1. The predicted molar refractivity (Wildman–Crippen MR) is 81.1 cm³/mol. The molecule has 0 saturated carbocycles. The Hall–Kier alpha value is -2.53. The molecule has 0 radical (unpaired) electrons. The first-order valence-corrected chi connectivity index (χ1v) is 6.58. The maximum absolute atomic E-state index is 6.07. The van der Waals surface area contributed by atoms with Crippen LogP contribution in [0.3, 0.4) is 0 Å². The first kappa shape index (κ1) is 13.5. The third-order valence-corrected chi connectivity index (χ3v) is 3.33. The van der Waals surface area contributed by atoms with E-state index in [9.17, 15) is 0 Å². The molecule has 3 aromatic rings. The Morgan fingerprint density at radius 2 is 1.95 bits per heavy atom. The normalized spacial score (nSPS) is 10.6. The van der Waals surface area contributed by atoms with E-state index < -0.39 is 0 Å². The van der Waals surface area contributed by atoms with Crippen LogP contribution in [0.4, 0.5) is 5.82 Å². The van der Waals surface area contributed by atoms with Gasteiger partial charge in [-0.3, -0.25) is 4.98 Å². The molecule has 5 nitrogen and oxygen atoms in total. The molecule has 21 heavy (non-hydrogen) atoms. The zero-order chi connectivity index (χ0) is 14.8. The number of nitrogen functional groups attached to an aromatic ring is 1. The van der Waals surface area contributed by atoms with Crippen molar-refractivity contribution in [3.63, 3.8) is 0 Å². The fraction of sp³-hybridized carbons (Fsp3) is 0.0667. The molecule has 0 amide bonds. The fourth-order valence-electron chi connectivity index (χ4n) is 2.14. The van der Waals surface area contributed by atoms with Crippen LogP contribution < -0.4 is 10.5 Å². The summed E-state index contributed by atoms with van der Waals surface area (Å²) < 4.78 is 10.8. The summed E-state index contributed by atoms with van der Waals surface area (Å²) in [7, 11) is 1.58. The summed E-state index contributed by atoms with van der Waals surface area (Å²) in [6, 6.07) is 8.94. The van der Waals surface area contributed by atoms with E-state index in [0.717, 1.165) is 5.56 Å². The number of hydrogen-bond donors (Lipinski definition) is 1. The molecule has 0 fully saturated rings. The molecule has 0 spiro atoms. The highest BCUT2D eigenvalue weighted by Crippen LogP contribution is 2.41. The highest BCUT2D eigenvalue weighted by molar-refractivity contribution is 6.31. The van der Waals surface area contributed by atoms with Crippen molar-refractivity contribution >= 4 is 17.4 Å². The van der Waals surface area contributed by atoms with E-state index >= 15 is 0 Å². The fourth-order valence-corrected chi connectivity index (χ4v) is 2.31. The number of ether oxygens (including phenoxy) is 1. The Bertz CT molecular complexity index is 772. The molecule has 0 aliphatic heterocycles. The van der Waals surface area contributed by atoms with Crippen LogP contribution in [0.2, 0.25) is 5.02 Å². The van der Waals surface area contributed by atoms with E-state index in [4.69, 9.17) is 26.6 Å². The molecule has 3 rings (SSSR count). The zero-order valence-corrected chi connectivity index (χ0v) is 12.0. The number of methoxy groups -OCH3 is 1. The number of halogens is 1. The van der Waals surface area contributed by atoms with Crippen LogP contribution >= 0.6 is 11.6 Å². The molecule has 6 heteroatoms. The smallest absolute Gasteiger partial charge is 0.180 e. The Labute approximate surface area is 126 Å². The van der Waals surface area contributed by atoms with Crippen LogP contribution in [0, 0.1) is 0 Å². The van der Waals surface area contributed by atoms with Gasteiger partial charge in [0.05, 0.1) is 18.2 Å². The molecule has 0 atom stereocenters. The first-order valence-electron chi connectivity index (χ1n) is 6.20. The molecule has 0 unspecified atom stereocenters. The zero-order valence-electron chi connectivity index (χ0n) is 11.2. The van der Waals surface area contributed by atoms with Crippen LogP contribution in [0.1, 0.15) is 0 Å². The molecular weight excluding hydrogens is 290 g/mol. The van der Waals surface area contributed by atoms with Gasteiger partial charge in [0.1, 0.15) is 5.75 Å². The Balaban J connectivity index is 2.24. The third kappa shape index (κ3) is 2.43. The summed E-state index contributed by atoms with van der Waals surface area (Å²) in [6.45, 7) is 0. The minimum Gasteiger partial charge on any atom is -0.496 e. The largest absolute Gasteiger partial charge is 0.496 e. The van der Waals surface area contributed by atoms with Crippen LogP contribution in [-0.2, 0) is 0 Å². The predicted octanol–water partition coefficient (Wildman–Crippen LogP) is 3.65. The first-order chi connectivity index (χ1) is 10.2. The van der Waals surface area contributed by atoms with Gasteiger partial charge in [0.25, 0.3) is 0 Å². The highest BCUT2D eigenvalue weighted by atomic mass is 35.5. The third-order valence-electron chi connectivity index (χ3n) is 3.09. The van der Waals surface area contributed by atoms with E-state index in [0.29, 0.717) is 33.5 Å². The second kappa shape index (κ2) is 5.46.